The van der Waals surface area contributed by atoms with Gasteiger partial charge in [0.2, 0.25) is 0 Å². The van der Waals surface area contributed by atoms with Gasteiger partial charge in [0.25, 0.3) is 5.91 Å². The summed E-state index contributed by atoms with van der Waals surface area (Å²) in [6.07, 6.45) is 1.98. The normalized spacial score (nSPS) is 13.6. The van der Waals surface area contributed by atoms with E-state index in [0.717, 1.165) is 40.6 Å². The Kier molecular flexibility index (Phi) is 11.6. The zero-order chi connectivity index (χ0) is 30.8. The summed E-state index contributed by atoms with van der Waals surface area (Å²) in [4.78, 5) is 34.1. The molecule has 1 amide bonds. The van der Waals surface area contributed by atoms with E-state index in [1.165, 1.54) is 11.3 Å². The highest BCUT2D eigenvalue weighted by Gasteiger charge is 2.29. The number of piperidine rings is 1. The molecule has 11 heteroatoms. The fourth-order valence-electron chi connectivity index (χ4n) is 5.17. The van der Waals surface area contributed by atoms with E-state index in [1.807, 2.05) is 41.8 Å². The van der Waals surface area contributed by atoms with Crippen molar-refractivity contribution in [2.75, 3.05) is 54.7 Å². The minimum absolute atomic E-state index is 0.0986. The lowest BCUT2D eigenvalue weighted by molar-refractivity contribution is -0.149. The van der Waals surface area contributed by atoms with Crippen molar-refractivity contribution in [2.24, 2.45) is 5.92 Å². The number of methoxy groups -OCH3 is 4. The number of rotatable bonds is 14. The SMILES string of the molecule is CCOC(=O)C1CCN(C(=O)c2csc(CN(CCc3ccc(OC)c(OC)c3)Cc3ccc(OC)cc3OC)n2)CC1. The predicted molar refractivity (Wildman–Crippen MR) is 164 cm³/mol. The summed E-state index contributed by atoms with van der Waals surface area (Å²) >= 11 is 1.48. The molecule has 1 fully saturated rings. The van der Waals surface area contributed by atoms with Crippen LogP contribution in [0, 0.1) is 5.92 Å². The second kappa shape index (κ2) is 15.6. The summed E-state index contributed by atoms with van der Waals surface area (Å²) in [5, 5.41) is 2.68. The number of hydrogen-bond donors (Lipinski definition) is 0. The van der Waals surface area contributed by atoms with E-state index in [0.29, 0.717) is 62.8 Å². The van der Waals surface area contributed by atoms with E-state index in [9.17, 15) is 9.59 Å². The number of hydrogen-bond acceptors (Lipinski definition) is 10. The quantitative estimate of drug-likeness (QED) is 0.237. The van der Waals surface area contributed by atoms with Gasteiger partial charge in [0, 0.05) is 43.2 Å². The van der Waals surface area contributed by atoms with Gasteiger partial charge in [-0.15, -0.1) is 11.3 Å². The standard InChI is InChI=1S/C32H41N3O7S/c1-6-42-32(37)23-12-15-35(16-13-23)31(36)26-21-43-30(33-26)20-34(19-24-8-9-25(38-2)18-28(24)40-4)14-11-22-7-10-27(39-3)29(17-22)41-5/h7-10,17-18,21,23H,6,11-16,19-20H2,1-5H3. The molecule has 1 aliphatic rings. The van der Waals surface area contributed by atoms with E-state index in [4.69, 9.17) is 28.7 Å². The molecule has 0 saturated carbocycles. The first kappa shape index (κ1) is 32.1. The third kappa shape index (κ3) is 8.39. The molecule has 2 aromatic carbocycles. The van der Waals surface area contributed by atoms with Crippen molar-refractivity contribution in [3.05, 3.63) is 63.6 Å². The van der Waals surface area contributed by atoms with Crippen LogP contribution in [0.5, 0.6) is 23.0 Å². The molecule has 1 aromatic heterocycles. The van der Waals surface area contributed by atoms with Crippen molar-refractivity contribution >= 4 is 23.2 Å². The maximum absolute atomic E-state index is 13.2. The van der Waals surface area contributed by atoms with Gasteiger partial charge in [0.05, 0.1) is 47.5 Å². The Balaban J connectivity index is 1.47. The monoisotopic (exact) mass is 611 g/mol. The van der Waals surface area contributed by atoms with E-state index in [1.54, 1.807) is 40.3 Å². The molecular formula is C32H41N3O7S. The molecule has 0 N–H and O–H groups in total. The second-order valence-corrected chi connectivity index (χ2v) is 11.2. The van der Waals surface area contributed by atoms with E-state index in [-0.39, 0.29) is 17.8 Å². The minimum atomic E-state index is -0.174. The van der Waals surface area contributed by atoms with Crippen molar-refractivity contribution in [1.82, 2.24) is 14.8 Å². The first-order valence-electron chi connectivity index (χ1n) is 14.4. The molecule has 232 valence electrons. The van der Waals surface area contributed by atoms with Crippen molar-refractivity contribution < 1.29 is 33.3 Å². The molecule has 1 saturated heterocycles. The minimum Gasteiger partial charge on any atom is -0.497 e. The van der Waals surface area contributed by atoms with Crippen LogP contribution in [0.3, 0.4) is 0 Å². The number of aromatic nitrogens is 1. The molecule has 0 bridgehead atoms. The summed E-state index contributed by atoms with van der Waals surface area (Å²) in [6.45, 7) is 5.12. The highest BCUT2D eigenvalue weighted by atomic mass is 32.1. The zero-order valence-electron chi connectivity index (χ0n) is 25.6. The Labute approximate surface area is 257 Å². The van der Waals surface area contributed by atoms with Gasteiger partial charge in [0.15, 0.2) is 11.5 Å². The van der Waals surface area contributed by atoms with Crippen LogP contribution in [0.2, 0.25) is 0 Å². The maximum Gasteiger partial charge on any atom is 0.309 e. The summed E-state index contributed by atoms with van der Waals surface area (Å²) < 4.78 is 27.1. The van der Waals surface area contributed by atoms with Crippen LogP contribution >= 0.6 is 11.3 Å². The number of nitrogens with zero attached hydrogens (tertiary/aromatic N) is 3. The average molecular weight is 612 g/mol. The summed E-state index contributed by atoms with van der Waals surface area (Å²) in [7, 11) is 6.54. The number of esters is 1. The lowest BCUT2D eigenvalue weighted by atomic mass is 9.97. The van der Waals surface area contributed by atoms with Crippen molar-refractivity contribution in [2.45, 2.75) is 39.3 Å². The molecular weight excluding hydrogens is 570 g/mol. The van der Waals surface area contributed by atoms with Gasteiger partial charge >= 0.3 is 5.97 Å². The fourth-order valence-corrected chi connectivity index (χ4v) is 5.98. The number of benzene rings is 2. The van der Waals surface area contributed by atoms with Gasteiger partial charge in [0.1, 0.15) is 22.2 Å². The third-order valence-corrected chi connectivity index (χ3v) is 8.42. The molecule has 4 rings (SSSR count). The first-order chi connectivity index (χ1) is 20.9. The van der Waals surface area contributed by atoms with Crippen LogP contribution < -0.4 is 18.9 Å². The van der Waals surface area contributed by atoms with Gasteiger partial charge in [-0.25, -0.2) is 4.98 Å². The molecule has 0 aliphatic carbocycles. The van der Waals surface area contributed by atoms with Crippen molar-refractivity contribution in [3.8, 4) is 23.0 Å². The lowest BCUT2D eigenvalue weighted by Crippen LogP contribution is -2.40. The molecule has 0 atom stereocenters. The Morgan fingerprint density at radius 1 is 0.930 bits per heavy atom. The second-order valence-electron chi connectivity index (χ2n) is 10.3. The van der Waals surface area contributed by atoms with E-state index in [2.05, 4.69) is 4.90 Å². The van der Waals surface area contributed by atoms with Crippen molar-refractivity contribution in [1.29, 1.82) is 0 Å². The fraction of sp³-hybridized carbons (Fsp3) is 0.469. The molecule has 3 aromatic rings. The van der Waals surface area contributed by atoms with Gasteiger partial charge in [-0.2, -0.15) is 0 Å². The van der Waals surface area contributed by atoms with Gasteiger partial charge in [-0.05, 0) is 49.9 Å². The van der Waals surface area contributed by atoms with Crippen LogP contribution in [0.25, 0.3) is 0 Å². The molecule has 1 aliphatic heterocycles. The molecule has 2 heterocycles. The van der Waals surface area contributed by atoms with Crippen LogP contribution in [-0.2, 0) is 29.0 Å². The number of carbonyl (C=O) groups excluding carboxylic acids is 2. The summed E-state index contributed by atoms with van der Waals surface area (Å²) in [5.41, 5.74) is 2.58. The van der Waals surface area contributed by atoms with Crippen LogP contribution in [0.4, 0.5) is 0 Å². The summed E-state index contributed by atoms with van der Waals surface area (Å²) in [5.74, 6) is 2.44. The number of ether oxygens (including phenoxy) is 5. The number of likely N-dealkylation sites (tertiary alicyclic amines) is 1. The Morgan fingerprint density at radius 3 is 2.35 bits per heavy atom. The molecule has 43 heavy (non-hydrogen) atoms. The van der Waals surface area contributed by atoms with Crippen molar-refractivity contribution in [3.63, 3.8) is 0 Å². The number of amides is 1. The zero-order valence-corrected chi connectivity index (χ0v) is 26.4. The topological polar surface area (TPSA) is 99.7 Å². The maximum atomic E-state index is 13.2. The summed E-state index contributed by atoms with van der Waals surface area (Å²) in [6, 6.07) is 11.8. The largest absolute Gasteiger partial charge is 0.497 e. The molecule has 10 nitrogen and oxygen atoms in total. The highest BCUT2D eigenvalue weighted by Crippen LogP contribution is 2.29. The molecule has 0 radical (unpaired) electrons. The Bertz CT molecular complexity index is 1370. The predicted octanol–water partition coefficient (Wildman–Crippen LogP) is 4.84. The Hall–Kier alpha value is -3.83. The highest BCUT2D eigenvalue weighted by molar-refractivity contribution is 7.09. The average Bonchev–Trinajstić information content (AvgIpc) is 3.51. The van der Waals surface area contributed by atoms with Gasteiger partial charge in [-0.1, -0.05) is 12.1 Å². The van der Waals surface area contributed by atoms with Crippen LogP contribution in [0.1, 0.15) is 46.4 Å². The number of carbonyl (C=O) groups is 2. The smallest absolute Gasteiger partial charge is 0.309 e. The Morgan fingerprint density at radius 2 is 1.67 bits per heavy atom. The molecule has 0 unspecified atom stereocenters. The first-order valence-corrected chi connectivity index (χ1v) is 15.3. The van der Waals surface area contributed by atoms with Crippen LogP contribution in [-0.4, -0.2) is 81.3 Å². The van der Waals surface area contributed by atoms with E-state index >= 15 is 0 Å². The van der Waals surface area contributed by atoms with Gasteiger partial charge in [-0.3, -0.25) is 14.5 Å². The van der Waals surface area contributed by atoms with Gasteiger partial charge < -0.3 is 28.6 Å². The van der Waals surface area contributed by atoms with Crippen LogP contribution in [0.15, 0.2) is 41.8 Å². The lowest BCUT2D eigenvalue weighted by Gasteiger charge is -2.30. The number of thiazole rings is 1. The third-order valence-electron chi connectivity index (χ3n) is 7.58. The van der Waals surface area contributed by atoms with E-state index < -0.39 is 0 Å². The molecule has 0 spiro atoms.